The second-order valence-corrected chi connectivity index (χ2v) is 5.32. The first kappa shape index (κ1) is 15.3. The van der Waals surface area contributed by atoms with Crippen LogP contribution < -0.4 is 10.6 Å². The lowest BCUT2D eigenvalue weighted by molar-refractivity contribution is 0.0976. The Bertz CT molecular complexity index is 452. The zero-order valence-corrected chi connectivity index (χ0v) is 13.0. The zero-order chi connectivity index (χ0) is 13.5. The highest BCUT2D eigenvalue weighted by Gasteiger charge is 2.08. The molecule has 0 spiro atoms. The summed E-state index contributed by atoms with van der Waals surface area (Å²) < 4.78 is 1.04. The molecule has 1 aromatic carbocycles. The summed E-state index contributed by atoms with van der Waals surface area (Å²) in [6.07, 6.45) is 0.596. The van der Waals surface area contributed by atoms with Gasteiger partial charge in [0.1, 0.15) is 0 Å². The molecule has 0 atom stereocenters. The predicted octanol–water partition coefficient (Wildman–Crippen LogP) is 1.59. The molecule has 0 saturated carbocycles. The van der Waals surface area contributed by atoms with Gasteiger partial charge in [-0.25, -0.2) is 0 Å². The van der Waals surface area contributed by atoms with Gasteiger partial charge >= 0.3 is 0 Å². The van der Waals surface area contributed by atoms with E-state index < -0.39 is 0 Å². The molecule has 1 amide bonds. The average molecular weight is 378 g/mol. The summed E-state index contributed by atoms with van der Waals surface area (Å²) in [4.78, 5) is 11.9. The summed E-state index contributed by atoms with van der Waals surface area (Å²) in [5, 5.41) is 14.4. The number of carbonyl (C=O) groups excluding carboxylic acids is 1. The summed E-state index contributed by atoms with van der Waals surface area (Å²) >= 11 is 7.16. The van der Waals surface area contributed by atoms with Gasteiger partial charge in [0, 0.05) is 22.3 Å². The van der Waals surface area contributed by atoms with Crippen LogP contribution in [-0.2, 0) is 0 Å². The Balaban J connectivity index is 2.54. The van der Waals surface area contributed by atoms with Crippen LogP contribution in [0.1, 0.15) is 22.3 Å². The highest BCUT2D eigenvalue weighted by atomic mass is 127. The molecule has 18 heavy (non-hydrogen) atoms. The van der Waals surface area contributed by atoms with E-state index in [1.54, 1.807) is 6.07 Å². The molecule has 0 bridgehead atoms. The molecule has 0 fully saturated rings. The van der Waals surface area contributed by atoms with Crippen LogP contribution >= 0.6 is 34.8 Å². The quantitative estimate of drug-likeness (QED) is 0.423. The van der Waals surface area contributed by atoms with Crippen molar-refractivity contribution in [3.63, 3.8) is 0 Å². The SMILES string of the molecule is Cc1ccc(C(=O)NC(=S)NCCCO)cc1I. The van der Waals surface area contributed by atoms with Crippen LogP contribution in [-0.4, -0.2) is 29.3 Å². The number of rotatable bonds is 4. The third-order valence-corrected chi connectivity index (χ3v) is 3.69. The second kappa shape index (κ2) is 7.65. The third-order valence-electron chi connectivity index (χ3n) is 2.28. The molecule has 0 aliphatic carbocycles. The number of aliphatic hydroxyl groups excluding tert-OH is 1. The Hall–Kier alpha value is -0.730. The molecular formula is C12H15IN2O2S. The maximum absolute atomic E-state index is 11.9. The molecule has 1 rings (SSSR count). The van der Waals surface area contributed by atoms with Crippen molar-refractivity contribution in [2.45, 2.75) is 13.3 Å². The maximum Gasteiger partial charge on any atom is 0.257 e. The number of aliphatic hydroxyl groups is 1. The van der Waals surface area contributed by atoms with Gasteiger partial charge in [0.2, 0.25) is 0 Å². The summed E-state index contributed by atoms with van der Waals surface area (Å²) in [7, 11) is 0. The Kier molecular flexibility index (Phi) is 6.51. The number of thiocarbonyl (C=S) groups is 1. The number of nitrogens with one attached hydrogen (secondary N) is 2. The van der Waals surface area contributed by atoms with Crippen molar-refractivity contribution in [1.82, 2.24) is 10.6 Å². The minimum Gasteiger partial charge on any atom is -0.396 e. The molecule has 0 aliphatic heterocycles. The topological polar surface area (TPSA) is 61.4 Å². The van der Waals surface area contributed by atoms with Crippen LogP contribution in [0.2, 0.25) is 0 Å². The second-order valence-electron chi connectivity index (χ2n) is 3.75. The normalized spacial score (nSPS) is 9.94. The van der Waals surface area contributed by atoms with Gasteiger partial charge in [0.25, 0.3) is 5.91 Å². The van der Waals surface area contributed by atoms with Crippen molar-refractivity contribution in [2.24, 2.45) is 0 Å². The maximum atomic E-state index is 11.9. The van der Waals surface area contributed by atoms with E-state index in [1.165, 1.54) is 0 Å². The van der Waals surface area contributed by atoms with Crippen molar-refractivity contribution in [2.75, 3.05) is 13.2 Å². The van der Waals surface area contributed by atoms with Crippen molar-refractivity contribution >= 4 is 45.8 Å². The highest BCUT2D eigenvalue weighted by Crippen LogP contribution is 2.13. The Morgan fingerprint density at radius 3 is 2.83 bits per heavy atom. The van der Waals surface area contributed by atoms with E-state index in [1.807, 2.05) is 19.1 Å². The van der Waals surface area contributed by atoms with Crippen LogP contribution in [0.15, 0.2) is 18.2 Å². The standard InChI is InChI=1S/C12H15IN2O2S/c1-8-3-4-9(7-10(8)13)11(17)15-12(18)14-5-2-6-16/h3-4,7,16H,2,5-6H2,1H3,(H2,14,15,17,18). The molecule has 4 nitrogen and oxygen atoms in total. The van der Waals surface area contributed by atoms with Gasteiger partial charge in [0.15, 0.2) is 5.11 Å². The van der Waals surface area contributed by atoms with E-state index in [2.05, 4.69) is 33.2 Å². The minimum atomic E-state index is -0.227. The summed E-state index contributed by atoms with van der Waals surface area (Å²) in [5.41, 5.74) is 1.71. The molecule has 3 N–H and O–H groups in total. The average Bonchev–Trinajstić information content (AvgIpc) is 2.33. The first-order chi connectivity index (χ1) is 8.54. The molecule has 6 heteroatoms. The van der Waals surface area contributed by atoms with Crippen molar-refractivity contribution in [3.05, 3.63) is 32.9 Å². The Morgan fingerprint density at radius 2 is 2.22 bits per heavy atom. The van der Waals surface area contributed by atoms with Crippen LogP contribution in [0.3, 0.4) is 0 Å². The van der Waals surface area contributed by atoms with E-state index in [4.69, 9.17) is 17.3 Å². The van der Waals surface area contributed by atoms with Gasteiger partial charge in [0.05, 0.1) is 0 Å². The number of amides is 1. The molecule has 0 unspecified atom stereocenters. The van der Waals surface area contributed by atoms with E-state index in [0.717, 1.165) is 9.13 Å². The molecule has 0 heterocycles. The number of hydrogen-bond donors (Lipinski definition) is 3. The lowest BCUT2D eigenvalue weighted by atomic mass is 10.1. The fourth-order valence-corrected chi connectivity index (χ4v) is 1.94. The Morgan fingerprint density at radius 1 is 1.50 bits per heavy atom. The predicted molar refractivity (Wildman–Crippen MR) is 83.7 cm³/mol. The number of aryl methyl sites for hydroxylation is 1. The largest absolute Gasteiger partial charge is 0.396 e. The first-order valence-electron chi connectivity index (χ1n) is 5.51. The summed E-state index contributed by atoms with van der Waals surface area (Å²) in [6, 6.07) is 5.49. The third kappa shape index (κ3) is 4.87. The minimum absolute atomic E-state index is 0.0969. The molecule has 1 aromatic rings. The lowest BCUT2D eigenvalue weighted by Gasteiger charge is -2.09. The van der Waals surface area contributed by atoms with E-state index in [9.17, 15) is 4.79 Å². The smallest absolute Gasteiger partial charge is 0.257 e. The van der Waals surface area contributed by atoms with Crippen molar-refractivity contribution in [1.29, 1.82) is 0 Å². The van der Waals surface area contributed by atoms with E-state index >= 15 is 0 Å². The number of benzene rings is 1. The molecule has 0 aromatic heterocycles. The van der Waals surface area contributed by atoms with E-state index in [-0.39, 0.29) is 17.6 Å². The number of halogens is 1. The van der Waals surface area contributed by atoms with Gasteiger partial charge in [-0.05, 0) is 65.8 Å². The summed E-state index contributed by atoms with van der Waals surface area (Å²) in [5.74, 6) is -0.227. The Labute approximate surface area is 125 Å². The fraction of sp³-hybridized carbons (Fsp3) is 0.333. The first-order valence-corrected chi connectivity index (χ1v) is 6.99. The molecule has 98 valence electrons. The van der Waals surface area contributed by atoms with Crippen molar-refractivity contribution < 1.29 is 9.90 Å². The highest BCUT2D eigenvalue weighted by molar-refractivity contribution is 14.1. The van der Waals surface area contributed by atoms with Gasteiger partial charge < -0.3 is 10.4 Å². The van der Waals surface area contributed by atoms with Gasteiger partial charge in [-0.1, -0.05) is 6.07 Å². The van der Waals surface area contributed by atoms with Crippen LogP contribution in [0.25, 0.3) is 0 Å². The van der Waals surface area contributed by atoms with Gasteiger partial charge in [-0.15, -0.1) is 0 Å². The van der Waals surface area contributed by atoms with Crippen LogP contribution in [0.5, 0.6) is 0 Å². The number of carbonyl (C=O) groups is 1. The van der Waals surface area contributed by atoms with Crippen LogP contribution in [0, 0.1) is 10.5 Å². The molecule has 0 saturated heterocycles. The van der Waals surface area contributed by atoms with E-state index in [0.29, 0.717) is 18.5 Å². The molecule has 0 aliphatic rings. The summed E-state index contributed by atoms with van der Waals surface area (Å²) in [6.45, 7) is 2.63. The van der Waals surface area contributed by atoms with Crippen LogP contribution in [0.4, 0.5) is 0 Å². The van der Waals surface area contributed by atoms with Gasteiger partial charge in [-0.2, -0.15) is 0 Å². The lowest BCUT2D eigenvalue weighted by Crippen LogP contribution is -2.39. The van der Waals surface area contributed by atoms with Gasteiger partial charge in [-0.3, -0.25) is 10.1 Å². The fourth-order valence-electron chi connectivity index (χ4n) is 1.23. The molecule has 0 radical (unpaired) electrons. The number of hydrogen-bond acceptors (Lipinski definition) is 3. The van der Waals surface area contributed by atoms with Crippen molar-refractivity contribution in [3.8, 4) is 0 Å². The zero-order valence-electron chi connectivity index (χ0n) is 10.00. The monoisotopic (exact) mass is 378 g/mol. The molecular weight excluding hydrogens is 363 g/mol.